The van der Waals surface area contributed by atoms with Crippen LogP contribution in [0.5, 0.6) is 0 Å². The molecule has 36 heavy (non-hydrogen) atoms. The molecule has 0 aliphatic rings. The van der Waals surface area contributed by atoms with Crippen molar-refractivity contribution in [1.82, 2.24) is 14.8 Å². The molecular weight excluding hydrogens is 502 g/mol. The molecular formula is C24H27N5O5S2. The first kappa shape index (κ1) is 27.0. The lowest BCUT2D eigenvalue weighted by atomic mass is 10.1. The summed E-state index contributed by atoms with van der Waals surface area (Å²) in [6.45, 7) is 5.88. The number of hydrogen-bond acceptors (Lipinski definition) is 10. The van der Waals surface area contributed by atoms with Crippen molar-refractivity contribution in [3.05, 3.63) is 52.9 Å². The lowest BCUT2D eigenvalue weighted by Crippen LogP contribution is -2.16. The zero-order valence-corrected chi connectivity index (χ0v) is 22.3. The highest BCUT2D eigenvalue weighted by molar-refractivity contribution is 7.99. The third-order valence-electron chi connectivity index (χ3n) is 5.14. The highest BCUT2D eigenvalue weighted by Gasteiger charge is 2.27. The summed E-state index contributed by atoms with van der Waals surface area (Å²) in [5.41, 5.74) is 2.42. The number of methoxy groups -OCH3 is 2. The van der Waals surface area contributed by atoms with Gasteiger partial charge in [0, 0.05) is 31.9 Å². The molecule has 10 nitrogen and oxygen atoms in total. The number of thioether (sulfide) groups is 1. The second-order valence-electron chi connectivity index (χ2n) is 7.73. The van der Waals surface area contributed by atoms with E-state index < -0.39 is 11.9 Å². The second kappa shape index (κ2) is 11.9. The summed E-state index contributed by atoms with van der Waals surface area (Å²) in [6, 6.07) is 7.90. The number of nitrogens with one attached hydrogen (secondary N) is 1. The Morgan fingerprint density at radius 3 is 2.56 bits per heavy atom. The maximum atomic E-state index is 12.8. The number of nitrogens with zero attached hydrogens (tertiary/aromatic N) is 4. The molecule has 12 heteroatoms. The van der Waals surface area contributed by atoms with Crippen LogP contribution >= 0.6 is 23.1 Å². The van der Waals surface area contributed by atoms with Crippen LogP contribution in [-0.4, -0.2) is 66.7 Å². The molecule has 0 radical (unpaired) electrons. The fourth-order valence-electron chi connectivity index (χ4n) is 3.36. The molecule has 0 saturated heterocycles. The lowest BCUT2D eigenvalue weighted by molar-refractivity contribution is -0.113. The Bertz CT molecular complexity index is 1300. The van der Waals surface area contributed by atoms with Crippen LogP contribution in [0, 0.1) is 6.92 Å². The zero-order chi connectivity index (χ0) is 26.4. The van der Waals surface area contributed by atoms with Gasteiger partial charge in [0.15, 0.2) is 11.0 Å². The first-order valence-corrected chi connectivity index (χ1v) is 12.6. The molecule has 0 bridgehead atoms. The fraction of sp³-hybridized carbons (Fsp3) is 0.292. The van der Waals surface area contributed by atoms with Crippen LogP contribution in [0.1, 0.15) is 25.6 Å². The highest BCUT2D eigenvalue weighted by atomic mass is 32.2. The van der Waals surface area contributed by atoms with Crippen molar-refractivity contribution in [3.63, 3.8) is 0 Å². The Labute approximate surface area is 217 Å². The number of aromatic nitrogens is 3. The normalized spacial score (nSPS) is 10.6. The molecule has 0 fully saturated rings. The van der Waals surface area contributed by atoms with Crippen molar-refractivity contribution >= 4 is 51.6 Å². The Morgan fingerprint density at radius 2 is 1.92 bits per heavy atom. The summed E-state index contributed by atoms with van der Waals surface area (Å²) < 4.78 is 11.5. The van der Waals surface area contributed by atoms with E-state index in [-0.39, 0.29) is 27.1 Å². The first-order valence-electron chi connectivity index (χ1n) is 10.8. The smallest absolute Gasteiger partial charge is 0.348 e. The Balaban J connectivity index is 1.81. The zero-order valence-electron chi connectivity index (χ0n) is 20.7. The summed E-state index contributed by atoms with van der Waals surface area (Å²) in [5, 5.41) is 12.1. The third-order valence-corrected chi connectivity index (χ3v) is 7.30. The lowest BCUT2D eigenvalue weighted by Gasteiger charge is -2.14. The number of hydrogen-bond donors (Lipinski definition) is 1. The molecule has 3 rings (SSSR count). The van der Waals surface area contributed by atoms with E-state index in [1.165, 1.54) is 26.0 Å². The number of allylic oxidation sites excluding steroid dienone is 1. The van der Waals surface area contributed by atoms with E-state index in [1.54, 1.807) is 13.0 Å². The van der Waals surface area contributed by atoms with Crippen molar-refractivity contribution in [3.8, 4) is 11.4 Å². The predicted molar refractivity (Wildman–Crippen MR) is 141 cm³/mol. The summed E-state index contributed by atoms with van der Waals surface area (Å²) >= 11 is 2.16. The van der Waals surface area contributed by atoms with Crippen LogP contribution in [0.15, 0.2) is 42.1 Å². The van der Waals surface area contributed by atoms with E-state index in [2.05, 4.69) is 22.1 Å². The Hall–Kier alpha value is -3.64. The van der Waals surface area contributed by atoms with Gasteiger partial charge in [-0.15, -0.1) is 28.1 Å². The van der Waals surface area contributed by atoms with Crippen molar-refractivity contribution in [1.29, 1.82) is 0 Å². The number of rotatable bonds is 10. The van der Waals surface area contributed by atoms with Crippen LogP contribution in [0.2, 0.25) is 0 Å². The molecule has 1 amide bonds. The molecule has 1 aromatic carbocycles. The fourth-order valence-corrected chi connectivity index (χ4v) is 5.23. The van der Waals surface area contributed by atoms with E-state index in [0.29, 0.717) is 23.1 Å². The molecule has 0 spiro atoms. The molecule has 190 valence electrons. The molecule has 0 aliphatic carbocycles. The average Bonchev–Trinajstić information content (AvgIpc) is 3.42. The number of amides is 1. The van der Waals surface area contributed by atoms with Gasteiger partial charge in [-0.1, -0.05) is 30.0 Å². The number of benzene rings is 1. The van der Waals surface area contributed by atoms with Gasteiger partial charge >= 0.3 is 11.9 Å². The minimum Gasteiger partial charge on any atom is -0.465 e. The molecule has 2 heterocycles. The SMILES string of the molecule is C=CCn1c(SCC(=O)Nc2sc(C(=O)OC)c(C)c2C(=O)OC)nnc1-c1cccc(N(C)C)c1. The largest absolute Gasteiger partial charge is 0.465 e. The van der Waals surface area contributed by atoms with Crippen molar-refractivity contribution in [2.75, 3.05) is 44.3 Å². The van der Waals surface area contributed by atoms with Crippen molar-refractivity contribution in [2.45, 2.75) is 18.6 Å². The van der Waals surface area contributed by atoms with Gasteiger partial charge in [0.05, 0.1) is 25.5 Å². The maximum absolute atomic E-state index is 12.8. The number of anilines is 2. The molecule has 0 aliphatic heterocycles. The molecule has 0 atom stereocenters. The number of carbonyl (C=O) groups excluding carboxylic acids is 3. The average molecular weight is 530 g/mol. The number of ether oxygens (including phenoxy) is 2. The number of carbonyl (C=O) groups is 3. The van der Waals surface area contributed by atoms with E-state index in [0.717, 1.165) is 22.6 Å². The Morgan fingerprint density at radius 1 is 1.19 bits per heavy atom. The van der Waals surface area contributed by atoms with Gasteiger partial charge in [0.1, 0.15) is 9.88 Å². The van der Waals surface area contributed by atoms with E-state index >= 15 is 0 Å². The van der Waals surface area contributed by atoms with Gasteiger partial charge in [-0.2, -0.15) is 0 Å². The quantitative estimate of drug-likeness (QED) is 0.237. The van der Waals surface area contributed by atoms with Crippen LogP contribution < -0.4 is 10.2 Å². The predicted octanol–water partition coefficient (Wildman–Crippen LogP) is 3.87. The maximum Gasteiger partial charge on any atom is 0.348 e. The minimum atomic E-state index is -0.655. The summed E-state index contributed by atoms with van der Waals surface area (Å²) in [4.78, 5) is 39.4. The van der Waals surface area contributed by atoms with Crippen LogP contribution in [0.25, 0.3) is 11.4 Å². The van der Waals surface area contributed by atoms with Gasteiger partial charge in [-0.05, 0) is 24.6 Å². The van der Waals surface area contributed by atoms with Crippen LogP contribution in [0.3, 0.4) is 0 Å². The third kappa shape index (κ3) is 5.77. The monoisotopic (exact) mass is 529 g/mol. The molecule has 1 N–H and O–H groups in total. The van der Waals surface area contributed by atoms with E-state index in [1.807, 2.05) is 47.8 Å². The topological polar surface area (TPSA) is 116 Å². The number of esters is 2. The molecule has 2 aromatic heterocycles. The van der Waals surface area contributed by atoms with Crippen molar-refractivity contribution < 1.29 is 23.9 Å². The van der Waals surface area contributed by atoms with Gasteiger partial charge in [-0.25, -0.2) is 9.59 Å². The summed E-state index contributed by atoms with van der Waals surface area (Å²) in [7, 11) is 6.40. The number of thiophene rings is 1. The van der Waals surface area contributed by atoms with Crippen LogP contribution in [0.4, 0.5) is 10.7 Å². The summed E-state index contributed by atoms with van der Waals surface area (Å²) in [6.07, 6.45) is 1.73. The highest BCUT2D eigenvalue weighted by Crippen LogP contribution is 2.34. The standard InChI is InChI=1S/C24H27N5O5S2/c1-7-11-29-20(15-9-8-10-16(12-15)28(3)4)26-27-24(29)35-13-17(30)25-21-18(22(31)33-5)14(2)19(36-21)23(32)34-6/h7-10,12H,1,11,13H2,2-6H3,(H,25,30). The van der Waals surface area contributed by atoms with Gasteiger partial charge in [-0.3, -0.25) is 9.36 Å². The Kier molecular flexibility index (Phi) is 8.88. The van der Waals surface area contributed by atoms with Crippen molar-refractivity contribution in [2.24, 2.45) is 0 Å². The van der Waals surface area contributed by atoms with Crippen LogP contribution in [-0.2, 0) is 20.8 Å². The minimum absolute atomic E-state index is 0.00185. The van der Waals surface area contributed by atoms with E-state index in [4.69, 9.17) is 9.47 Å². The van der Waals surface area contributed by atoms with E-state index in [9.17, 15) is 14.4 Å². The summed E-state index contributed by atoms with van der Waals surface area (Å²) in [5.74, 6) is -0.977. The first-order chi connectivity index (χ1) is 17.2. The second-order valence-corrected chi connectivity index (χ2v) is 9.69. The van der Waals surface area contributed by atoms with Gasteiger partial charge in [0.2, 0.25) is 5.91 Å². The van der Waals surface area contributed by atoms with Gasteiger partial charge < -0.3 is 19.7 Å². The molecule has 3 aromatic rings. The van der Waals surface area contributed by atoms with Gasteiger partial charge in [0.25, 0.3) is 0 Å². The molecule has 0 unspecified atom stereocenters. The molecule has 0 saturated carbocycles.